The zero-order valence-electron chi connectivity index (χ0n) is 8.75. The first kappa shape index (κ1) is 9.68. The molecule has 1 fully saturated rings. The molecule has 1 aliphatic rings. The van der Waals surface area contributed by atoms with Crippen molar-refractivity contribution < 1.29 is 5.11 Å². The average molecular weight is 195 g/mol. The van der Waals surface area contributed by atoms with Crippen LogP contribution in [0.5, 0.6) is 0 Å². The molecule has 0 unspecified atom stereocenters. The Kier molecular flexibility index (Phi) is 2.33. The molecular formula is C10H17N3O. The Balaban J connectivity index is 1.95. The Morgan fingerprint density at radius 2 is 2.36 bits per heavy atom. The van der Waals surface area contributed by atoms with Gasteiger partial charge >= 0.3 is 0 Å². The monoisotopic (exact) mass is 195 g/mol. The molecule has 2 rings (SSSR count). The number of hydrogen-bond acceptors (Lipinski definition) is 3. The maximum atomic E-state index is 9.13. The molecule has 1 aliphatic carbocycles. The molecule has 0 amide bonds. The van der Waals surface area contributed by atoms with Gasteiger partial charge in [0.15, 0.2) is 0 Å². The van der Waals surface area contributed by atoms with Gasteiger partial charge in [-0.1, -0.05) is 0 Å². The van der Waals surface area contributed by atoms with Crippen LogP contribution in [-0.2, 0) is 13.6 Å². The Labute approximate surface area is 83.9 Å². The smallest absolute Gasteiger partial charge is 0.0638 e. The van der Waals surface area contributed by atoms with E-state index in [1.54, 1.807) is 0 Å². The van der Waals surface area contributed by atoms with E-state index >= 15 is 0 Å². The maximum Gasteiger partial charge on any atom is 0.0638 e. The van der Waals surface area contributed by atoms with E-state index in [1.807, 2.05) is 24.9 Å². The van der Waals surface area contributed by atoms with E-state index in [0.29, 0.717) is 0 Å². The summed E-state index contributed by atoms with van der Waals surface area (Å²) in [5.74, 6) is 0. The fourth-order valence-electron chi connectivity index (χ4n) is 1.65. The fraction of sp³-hybridized carbons (Fsp3) is 0.700. The molecule has 78 valence electrons. The molecule has 2 N–H and O–H groups in total. The molecule has 0 bridgehead atoms. The van der Waals surface area contributed by atoms with Crippen molar-refractivity contribution in [3.63, 3.8) is 0 Å². The molecular weight excluding hydrogens is 178 g/mol. The van der Waals surface area contributed by atoms with Crippen LogP contribution >= 0.6 is 0 Å². The first-order chi connectivity index (χ1) is 6.65. The van der Waals surface area contributed by atoms with Gasteiger partial charge in [0.05, 0.1) is 12.3 Å². The van der Waals surface area contributed by atoms with Gasteiger partial charge in [-0.25, -0.2) is 0 Å². The Morgan fingerprint density at radius 3 is 2.79 bits per heavy atom. The maximum absolute atomic E-state index is 9.13. The lowest BCUT2D eigenvalue weighted by Crippen LogP contribution is -2.34. The zero-order valence-corrected chi connectivity index (χ0v) is 8.75. The van der Waals surface area contributed by atoms with Crippen molar-refractivity contribution in [3.05, 3.63) is 17.5 Å². The number of rotatable bonds is 4. The second-order valence-electron chi connectivity index (χ2n) is 4.21. The highest BCUT2D eigenvalue weighted by molar-refractivity contribution is 5.16. The summed E-state index contributed by atoms with van der Waals surface area (Å²) in [7, 11) is 1.93. The van der Waals surface area contributed by atoms with E-state index in [4.69, 9.17) is 5.11 Å². The third-order valence-corrected chi connectivity index (χ3v) is 2.93. The highest BCUT2D eigenvalue weighted by Gasteiger charge is 2.41. The van der Waals surface area contributed by atoms with Crippen LogP contribution in [0.1, 0.15) is 24.1 Å². The minimum absolute atomic E-state index is 0.0162. The van der Waals surface area contributed by atoms with Crippen LogP contribution < -0.4 is 5.32 Å². The molecule has 0 saturated heterocycles. The number of aromatic nitrogens is 2. The fourth-order valence-corrected chi connectivity index (χ4v) is 1.65. The van der Waals surface area contributed by atoms with E-state index < -0.39 is 0 Å². The van der Waals surface area contributed by atoms with Gasteiger partial charge in [0.25, 0.3) is 0 Å². The summed E-state index contributed by atoms with van der Waals surface area (Å²) in [6.45, 7) is 3.06. The first-order valence-electron chi connectivity index (χ1n) is 5.00. The van der Waals surface area contributed by atoms with Gasteiger partial charge in [-0.15, -0.1) is 0 Å². The second kappa shape index (κ2) is 3.37. The summed E-state index contributed by atoms with van der Waals surface area (Å²) in [6, 6.07) is 0. The number of aliphatic hydroxyl groups is 1. The normalized spacial score (nSPS) is 18.5. The highest BCUT2D eigenvalue weighted by Crippen LogP contribution is 2.34. The van der Waals surface area contributed by atoms with Crippen molar-refractivity contribution in [1.29, 1.82) is 0 Å². The number of hydrogen-bond donors (Lipinski definition) is 2. The van der Waals surface area contributed by atoms with Gasteiger partial charge in [-0.3, -0.25) is 4.68 Å². The van der Waals surface area contributed by atoms with Crippen LogP contribution in [0.3, 0.4) is 0 Å². The molecule has 14 heavy (non-hydrogen) atoms. The van der Waals surface area contributed by atoms with E-state index in [0.717, 1.165) is 25.1 Å². The van der Waals surface area contributed by atoms with Crippen molar-refractivity contribution in [1.82, 2.24) is 15.1 Å². The largest absolute Gasteiger partial charge is 0.394 e. The molecule has 4 heteroatoms. The van der Waals surface area contributed by atoms with Gasteiger partial charge in [0, 0.05) is 30.9 Å². The molecule has 1 heterocycles. The van der Waals surface area contributed by atoms with Crippen LogP contribution in [0, 0.1) is 6.92 Å². The van der Waals surface area contributed by atoms with Crippen molar-refractivity contribution >= 4 is 0 Å². The molecule has 0 aromatic carbocycles. The van der Waals surface area contributed by atoms with Gasteiger partial charge in [0.1, 0.15) is 0 Å². The summed E-state index contributed by atoms with van der Waals surface area (Å²) in [5.41, 5.74) is 2.29. The van der Waals surface area contributed by atoms with E-state index in [9.17, 15) is 0 Å². The minimum Gasteiger partial charge on any atom is -0.394 e. The molecule has 1 aromatic heterocycles. The SMILES string of the molecule is Cc1nn(C)cc1CNC1(CO)CC1. The Hall–Kier alpha value is -0.870. The summed E-state index contributed by atoms with van der Waals surface area (Å²) in [6.07, 6.45) is 4.20. The molecule has 1 aromatic rings. The summed E-state index contributed by atoms with van der Waals surface area (Å²) in [4.78, 5) is 0. The van der Waals surface area contributed by atoms with E-state index in [1.165, 1.54) is 5.56 Å². The molecule has 4 nitrogen and oxygen atoms in total. The summed E-state index contributed by atoms with van der Waals surface area (Å²) < 4.78 is 1.82. The average Bonchev–Trinajstić information content (AvgIpc) is 2.86. The molecule has 1 saturated carbocycles. The zero-order chi connectivity index (χ0) is 10.2. The van der Waals surface area contributed by atoms with E-state index in [2.05, 4.69) is 10.4 Å². The first-order valence-corrected chi connectivity index (χ1v) is 5.00. The van der Waals surface area contributed by atoms with Crippen LogP contribution in [0.25, 0.3) is 0 Å². The number of aryl methyl sites for hydroxylation is 2. The lowest BCUT2D eigenvalue weighted by Gasteiger charge is -2.13. The lowest BCUT2D eigenvalue weighted by atomic mass is 10.2. The number of nitrogens with zero attached hydrogens (tertiary/aromatic N) is 2. The summed E-state index contributed by atoms with van der Waals surface area (Å²) >= 11 is 0. The topological polar surface area (TPSA) is 50.1 Å². The third-order valence-electron chi connectivity index (χ3n) is 2.93. The Bertz CT molecular complexity index is 328. The van der Waals surface area contributed by atoms with Crippen molar-refractivity contribution in [2.45, 2.75) is 31.8 Å². The van der Waals surface area contributed by atoms with Gasteiger partial charge in [0.2, 0.25) is 0 Å². The van der Waals surface area contributed by atoms with Gasteiger partial charge < -0.3 is 10.4 Å². The predicted octanol–water partition coefficient (Wildman–Crippen LogP) is 0.343. The molecule has 0 atom stereocenters. The van der Waals surface area contributed by atoms with Gasteiger partial charge in [-0.05, 0) is 19.8 Å². The van der Waals surface area contributed by atoms with Crippen molar-refractivity contribution in [2.75, 3.05) is 6.61 Å². The lowest BCUT2D eigenvalue weighted by molar-refractivity contribution is 0.229. The van der Waals surface area contributed by atoms with Crippen LogP contribution in [0.15, 0.2) is 6.20 Å². The van der Waals surface area contributed by atoms with Crippen LogP contribution in [0.4, 0.5) is 0 Å². The van der Waals surface area contributed by atoms with Crippen LogP contribution in [-0.4, -0.2) is 27.0 Å². The minimum atomic E-state index is 0.0162. The quantitative estimate of drug-likeness (QED) is 0.728. The predicted molar refractivity (Wildman–Crippen MR) is 53.8 cm³/mol. The Morgan fingerprint density at radius 1 is 1.64 bits per heavy atom. The second-order valence-corrected chi connectivity index (χ2v) is 4.21. The van der Waals surface area contributed by atoms with Gasteiger partial charge in [-0.2, -0.15) is 5.10 Å². The third kappa shape index (κ3) is 1.81. The summed E-state index contributed by atoms with van der Waals surface area (Å²) in [5, 5.41) is 16.8. The van der Waals surface area contributed by atoms with E-state index in [-0.39, 0.29) is 12.1 Å². The van der Waals surface area contributed by atoms with Crippen molar-refractivity contribution in [3.8, 4) is 0 Å². The number of aliphatic hydroxyl groups excluding tert-OH is 1. The highest BCUT2D eigenvalue weighted by atomic mass is 16.3. The number of nitrogens with one attached hydrogen (secondary N) is 1. The van der Waals surface area contributed by atoms with Crippen LogP contribution in [0.2, 0.25) is 0 Å². The standard InChI is InChI=1S/C10H17N3O/c1-8-9(6-13(2)12-8)5-11-10(7-14)3-4-10/h6,11,14H,3-5,7H2,1-2H3. The molecule has 0 spiro atoms. The molecule has 0 radical (unpaired) electrons. The molecule has 0 aliphatic heterocycles. The van der Waals surface area contributed by atoms with Crippen molar-refractivity contribution in [2.24, 2.45) is 7.05 Å².